The molecule has 0 fully saturated rings. The van der Waals surface area contributed by atoms with Crippen LogP contribution in [0.2, 0.25) is 5.02 Å². The summed E-state index contributed by atoms with van der Waals surface area (Å²) in [5.74, 6) is 1.18. The SMILES string of the molecule is CNCc1cc(Br)cnc1Oc1cc(C)ccc1Cl. The van der Waals surface area contributed by atoms with Gasteiger partial charge in [-0.25, -0.2) is 4.98 Å². The van der Waals surface area contributed by atoms with E-state index in [4.69, 9.17) is 16.3 Å². The molecule has 0 aliphatic rings. The molecule has 5 heteroatoms. The Bertz CT molecular complexity index is 590. The largest absolute Gasteiger partial charge is 0.437 e. The number of nitrogens with zero attached hydrogens (tertiary/aromatic N) is 1. The van der Waals surface area contributed by atoms with Gasteiger partial charge in [0.15, 0.2) is 0 Å². The molecule has 0 bridgehead atoms. The third kappa shape index (κ3) is 3.69. The molecule has 19 heavy (non-hydrogen) atoms. The molecule has 0 aliphatic heterocycles. The van der Waals surface area contributed by atoms with Crippen LogP contribution in [0, 0.1) is 6.92 Å². The molecule has 2 aromatic rings. The Kier molecular flexibility index (Phi) is 4.80. The summed E-state index contributed by atoms with van der Waals surface area (Å²) in [4.78, 5) is 4.30. The van der Waals surface area contributed by atoms with Gasteiger partial charge in [0.2, 0.25) is 5.88 Å². The predicted octanol–water partition coefficient (Wildman–Crippen LogP) is 4.32. The summed E-state index contributed by atoms with van der Waals surface area (Å²) < 4.78 is 6.74. The lowest BCUT2D eigenvalue weighted by Crippen LogP contribution is -2.07. The number of hydrogen-bond donors (Lipinski definition) is 1. The van der Waals surface area contributed by atoms with Crippen molar-refractivity contribution < 1.29 is 4.74 Å². The zero-order chi connectivity index (χ0) is 13.8. The van der Waals surface area contributed by atoms with Crippen molar-refractivity contribution in [2.75, 3.05) is 7.05 Å². The molecule has 1 aromatic carbocycles. The van der Waals surface area contributed by atoms with Crippen molar-refractivity contribution in [2.24, 2.45) is 0 Å². The lowest BCUT2D eigenvalue weighted by atomic mass is 10.2. The minimum absolute atomic E-state index is 0.560. The van der Waals surface area contributed by atoms with Crippen LogP contribution in [0.25, 0.3) is 0 Å². The molecule has 0 saturated heterocycles. The van der Waals surface area contributed by atoms with Crippen molar-refractivity contribution in [3.05, 3.63) is 51.1 Å². The van der Waals surface area contributed by atoms with Gasteiger partial charge in [0.25, 0.3) is 0 Å². The number of hydrogen-bond acceptors (Lipinski definition) is 3. The minimum Gasteiger partial charge on any atom is -0.437 e. The van der Waals surface area contributed by atoms with Gasteiger partial charge < -0.3 is 10.1 Å². The van der Waals surface area contributed by atoms with E-state index in [9.17, 15) is 0 Å². The van der Waals surface area contributed by atoms with E-state index in [0.29, 0.717) is 23.2 Å². The molecule has 0 aliphatic carbocycles. The third-order valence-electron chi connectivity index (χ3n) is 2.55. The second-order valence-electron chi connectivity index (χ2n) is 4.18. The van der Waals surface area contributed by atoms with E-state index in [1.54, 1.807) is 6.20 Å². The zero-order valence-corrected chi connectivity index (χ0v) is 13.0. The summed E-state index contributed by atoms with van der Waals surface area (Å²) in [6.45, 7) is 2.66. The van der Waals surface area contributed by atoms with Gasteiger partial charge in [-0.1, -0.05) is 17.7 Å². The second kappa shape index (κ2) is 6.37. The van der Waals surface area contributed by atoms with E-state index in [-0.39, 0.29) is 0 Å². The molecule has 3 nitrogen and oxygen atoms in total. The molecular formula is C14H14BrClN2O. The van der Waals surface area contributed by atoms with E-state index < -0.39 is 0 Å². The fourth-order valence-electron chi connectivity index (χ4n) is 1.67. The molecule has 1 N–H and O–H groups in total. The van der Waals surface area contributed by atoms with Crippen molar-refractivity contribution >= 4 is 27.5 Å². The summed E-state index contributed by atoms with van der Waals surface area (Å²) in [6, 6.07) is 7.64. The standard InChI is InChI=1S/C14H14BrClN2O/c1-9-3-4-12(16)13(5-9)19-14-10(7-17-2)6-11(15)8-18-14/h3-6,8,17H,7H2,1-2H3. The lowest BCUT2D eigenvalue weighted by Gasteiger charge is -2.11. The quantitative estimate of drug-likeness (QED) is 0.899. The number of rotatable bonds is 4. The van der Waals surface area contributed by atoms with Crippen LogP contribution in [0.3, 0.4) is 0 Å². The second-order valence-corrected chi connectivity index (χ2v) is 5.51. The van der Waals surface area contributed by atoms with E-state index in [1.165, 1.54) is 0 Å². The number of aryl methyl sites for hydroxylation is 1. The average molecular weight is 342 g/mol. The van der Waals surface area contributed by atoms with Gasteiger partial charge in [-0.15, -0.1) is 0 Å². The average Bonchev–Trinajstić information content (AvgIpc) is 2.37. The fourth-order valence-corrected chi connectivity index (χ4v) is 2.21. The maximum absolute atomic E-state index is 6.13. The number of pyridine rings is 1. The van der Waals surface area contributed by atoms with E-state index in [1.807, 2.05) is 38.2 Å². The molecule has 0 unspecified atom stereocenters. The van der Waals surface area contributed by atoms with Gasteiger partial charge >= 0.3 is 0 Å². The molecule has 1 aromatic heterocycles. The van der Waals surface area contributed by atoms with Gasteiger partial charge in [-0.2, -0.15) is 0 Å². The van der Waals surface area contributed by atoms with E-state index in [2.05, 4.69) is 26.2 Å². The maximum atomic E-state index is 6.13. The van der Waals surface area contributed by atoms with E-state index >= 15 is 0 Å². The van der Waals surface area contributed by atoms with Crippen molar-refractivity contribution in [3.8, 4) is 11.6 Å². The smallest absolute Gasteiger partial charge is 0.223 e. The van der Waals surface area contributed by atoms with Crippen molar-refractivity contribution in [1.29, 1.82) is 0 Å². The van der Waals surface area contributed by atoms with Crippen molar-refractivity contribution in [2.45, 2.75) is 13.5 Å². The predicted molar refractivity (Wildman–Crippen MR) is 81.0 cm³/mol. The van der Waals surface area contributed by atoms with Crippen molar-refractivity contribution in [3.63, 3.8) is 0 Å². The van der Waals surface area contributed by atoms with Crippen LogP contribution in [0.4, 0.5) is 0 Å². The van der Waals surface area contributed by atoms with Gasteiger partial charge in [0, 0.05) is 22.8 Å². The number of ether oxygens (including phenoxy) is 1. The molecule has 0 atom stereocenters. The Morgan fingerprint density at radius 2 is 2.16 bits per heavy atom. The maximum Gasteiger partial charge on any atom is 0.223 e. The summed E-state index contributed by atoms with van der Waals surface area (Å²) >= 11 is 9.54. The van der Waals surface area contributed by atoms with Crippen LogP contribution < -0.4 is 10.1 Å². The lowest BCUT2D eigenvalue weighted by molar-refractivity contribution is 0.454. The number of halogens is 2. The van der Waals surface area contributed by atoms with Gasteiger partial charge in [-0.3, -0.25) is 0 Å². The van der Waals surface area contributed by atoms with Crippen molar-refractivity contribution in [1.82, 2.24) is 10.3 Å². The number of nitrogens with one attached hydrogen (secondary N) is 1. The Hall–Kier alpha value is -1.10. The van der Waals surface area contributed by atoms with Gasteiger partial charge in [0.05, 0.1) is 5.02 Å². The molecule has 2 rings (SSSR count). The summed E-state index contributed by atoms with van der Waals surface area (Å²) in [5, 5.41) is 3.66. The Morgan fingerprint density at radius 3 is 2.89 bits per heavy atom. The highest BCUT2D eigenvalue weighted by Gasteiger charge is 2.09. The molecule has 100 valence electrons. The summed E-state index contributed by atoms with van der Waals surface area (Å²) in [5.41, 5.74) is 2.06. The normalized spacial score (nSPS) is 10.5. The number of aromatic nitrogens is 1. The van der Waals surface area contributed by atoms with Crippen LogP contribution in [-0.2, 0) is 6.54 Å². The minimum atomic E-state index is 0.560. The zero-order valence-electron chi connectivity index (χ0n) is 10.7. The first kappa shape index (κ1) is 14.3. The summed E-state index contributed by atoms with van der Waals surface area (Å²) in [6.07, 6.45) is 1.71. The van der Waals surface area contributed by atoms with Crippen LogP contribution in [0.1, 0.15) is 11.1 Å². The molecule has 0 spiro atoms. The van der Waals surface area contributed by atoms with Gasteiger partial charge in [-0.05, 0) is 53.7 Å². The molecule has 1 heterocycles. The van der Waals surface area contributed by atoms with Crippen LogP contribution in [0.5, 0.6) is 11.6 Å². The highest BCUT2D eigenvalue weighted by atomic mass is 79.9. The monoisotopic (exact) mass is 340 g/mol. The Labute approximate surface area is 126 Å². The van der Waals surface area contributed by atoms with E-state index in [0.717, 1.165) is 15.6 Å². The number of benzene rings is 1. The first-order chi connectivity index (χ1) is 9.10. The highest BCUT2D eigenvalue weighted by molar-refractivity contribution is 9.10. The third-order valence-corrected chi connectivity index (χ3v) is 3.30. The topological polar surface area (TPSA) is 34.2 Å². The molecule has 0 amide bonds. The Morgan fingerprint density at radius 1 is 1.37 bits per heavy atom. The first-order valence-electron chi connectivity index (χ1n) is 5.83. The van der Waals surface area contributed by atoms with Crippen LogP contribution >= 0.6 is 27.5 Å². The summed E-state index contributed by atoms with van der Waals surface area (Å²) in [7, 11) is 1.88. The van der Waals surface area contributed by atoms with Crippen LogP contribution in [0.15, 0.2) is 34.9 Å². The first-order valence-corrected chi connectivity index (χ1v) is 7.00. The fraction of sp³-hybridized carbons (Fsp3) is 0.214. The Balaban J connectivity index is 2.34. The highest BCUT2D eigenvalue weighted by Crippen LogP contribution is 2.31. The molecular weight excluding hydrogens is 328 g/mol. The molecule has 0 radical (unpaired) electrons. The molecule has 0 saturated carbocycles. The van der Waals surface area contributed by atoms with Gasteiger partial charge in [0.1, 0.15) is 5.75 Å². The van der Waals surface area contributed by atoms with Crippen LogP contribution in [-0.4, -0.2) is 12.0 Å².